The predicted octanol–water partition coefficient (Wildman–Crippen LogP) is 0.0406. The summed E-state index contributed by atoms with van der Waals surface area (Å²) in [5, 5.41) is 10.3. The second kappa shape index (κ2) is 6.91. The summed E-state index contributed by atoms with van der Waals surface area (Å²) in [6.07, 6.45) is 2.06. The maximum Gasteiger partial charge on any atom is 0.252 e. The molecule has 0 aromatic carbocycles. The Morgan fingerprint density at radius 3 is 2.59 bits per heavy atom. The maximum absolute atomic E-state index is 13.6. The molecule has 1 aromatic heterocycles. The van der Waals surface area contributed by atoms with Crippen LogP contribution in [0.15, 0.2) is 16.5 Å². The number of piperidine rings is 1. The monoisotopic (exact) mass is 402 g/mol. The Bertz CT molecular complexity index is 809. The largest absolute Gasteiger partial charge is 0.464 e. The van der Waals surface area contributed by atoms with E-state index in [9.17, 15) is 14.7 Å². The summed E-state index contributed by atoms with van der Waals surface area (Å²) in [6.45, 7) is 5.87. The fourth-order valence-corrected chi connectivity index (χ4v) is 5.61. The van der Waals surface area contributed by atoms with E-state index in [1.165, 1.54) is 4.90 Å². The van der Waals surface area contributed by atoms with E-state index in [0.717, 1.165) is 31.7 Å². The fraction of sp³-hybridized carbons (Fsp3) is 0.714. The first kappa shape index (κ1) is 19.2. The fourth-order valence-electron chi connectivity index (χ4n) is 5.61. The molecule has 158 valence electrons. The number of nitrogens with zero attached hydrogens (tertiary/aromatic N) is 4. The van der Waals surface area contributed by atoms with E-state index in [-0.39, 0.29) is 18.4 Å². The standard InChI is InChI=1S/C21H30N4O4/c1-14-3-4-17(29-14)11-24-19(27)18-9-16(26)10-25(18)21(20(24)28)12-23(13-21)15-5-7-22(2)8-6-15/h3-4,15-16,18,26H,5-13H2,1-2H3/t16-,18+/m1/s1. The molecule has 4 aliphatic rings. The van der Waals surface area contributed by atoms with E-state index in [1.807, 2.05) is 24.0 Å². The molecule has 8 heteroatoms. The molecule has 4 fully saturated rings. The first-order valence-corrected chi connectivity index (χ1v) is 10.7. The summed E-state index contributed by atoms with van der Waals surface area (Å²) >= 11 is 0. The van der Waals surface area contributed by atoms with Crippen LogP contribution >= 0.6 is 0 Å². The minimum Gasteiger partial charge on any atom is -0.464 e. The maximum atomic E-state index is 13.6. The molecule has 4 saturated heterocycles. The quantitative estimate of drug-likeness (QED) is 0.715. The highest BCUT2D eigenvalue weighted by Crippen LogP contribution is 2.42. The number of β-amino-alcohol motifs (C(OH)–C–C–N with tert-alkyl or cyclic N) is 1. The zero-order chi connectivity index (χ0) is 20.3. The number of fused-ring (bicyclic) bond motifs is 2. The summed E-state index contributed by atoms with van der Waals surface area (Å²) in [5.41, 5.74) is -0.693. The molecule has 5 heterocycles. The van der Waals surface area contributed by atoms with Crippen LogP contribution < -0.4 is 0 Å². The number of carbonyl (C=O) groups is 2. The summed E-state index contributed by atoms with van der Waals surface area (Å²) in [7, 11) is 2.15. The molecule has 4 aliphatic heterocycles. The van der Waals surface area contributed by atoms with Gasteiger partial charge in [-0.1, -0.05) is 0 Å². The van der Waals surface area contributed by atoms with Crippen LogP contribution in [0.2, 0.25) is 0 Å². The Kier molecular flexibility index (Phi) is 4.58. The molecule has 1 N–H and O–H groups in total. The van der Waals surface area contributed by atoms with E-state index in [1.54, 1.807) is 0 Å². The Balaban J connectivity index is 1.38. The molecule has 2 amide bonds. The second-order valence-corrected chi connectivity index (χ2v) is 9.27. The third kappa shape index (κ3) is 3.04. The van der Waals surface area contributed by atoms with Gasteiger partial charge in [0.25, 0.3) is 5.91 Å². The van der Waals surface area contributed by atoms with E-state index < -0.39 is 17.7 Å². The second-order valence-electron chi connectivity index (χ2n) is 9.27. The Morgan fingerprint density at radius 1 is 1.21 bits per heavy atom. The van der Waals surface area contributed by atoms with E-state index in [0.29, 0.717) is 37.9 Å². The van der Waals surface area contributed by atoms with Crippen LogP contribution in [0.3, 0.4) is 0 Å². The number of piperazine rings is 1. The number of hydrogen-bond donors (Lipinski definition) is 1. The lowest BCUT2D eigenvalue weighted by molar-refractivity contribution is -0.184. The number of furan rings is 1. The lowest BCUT2D eigenvalue weighted by Gasteiger charge is -2.60. The van der Waals surface area contributed by atoms with Crippen LogP contribution in [0.5, 0.6) is 0 Å². The topological polar surface area (TPSA) is 80.5 Å². The van der Waals surface area contributed by atoms with Crippen LogP contribution in [-0.4, -0.2) is 100 Å². The molecule has 1 aromatic rings. The van der Waals surface area contributed by atoms with Crippen LogP contribution in [0.1, 0.15) is 30.8 Å². The number of hydrogen-bond acceptors (Lipinski definition) is 7. The normalized spacial score (nSPS) is 31.5. The first-order chi connectivity index (χ1) is 13.9. The molecule has 0 saturated carbocycles. The Hall–Kier alpha value is -1.74. The molecule has 1 spiro atoms. The molecule has 0 aliphatic carbocycles. The number of rotatable bonds is 3. The average molecular weight is 402 g/mol. The van der Waals surface area contributed by atoms with E-state index in [2.05, 4.69) is 16.8 Å². The van der Waals surface area contributed by atoms with Crippen molar-refractivity contribution in [3.05, 3.63) is 23.7 Å². The molecule has 29 heavy (non-hydrogen) atoms. The molecule has 0 bridgehead atoms. The number of carbonyl (C=O) groups excluding carboxylic acids is 2. The summed E-state index contributed by atoms with van der Waals surface area (Å²) < 4.78 is 5.64. The van der Waals surface area contributed by atoms with Crippen molar-refractivity contribution in [3.63, 3.8) is 0 Å². The smallest absolute Gasteiger partial charge is 0.252 e. The number of likely N-dealkylation sites (tertiary alicyclic amines) is 2. The predicted molar refractivity (Wildman–Crippen MR) is 105 cm³/mol. The summed E-state index contributed by atoms with van der Waals surface area (Å²) in [5.74, 6) is 1.05. The summed E-state index contributed by atoms with van der Waals surface area (Å²) in [6, 6.07) is 3.75. The van der Waals surface area contributed by atoms with Crippen molar-refractivity contribution in [1.82, 2.24) is 19.6 Å². The van der Waals surface area contributed by atoms with Crippen molar-refractivity contribution in [2.45, 2.75) is 56.5 Å². The van der Waals surface area contributed by atoms with Crippen molar-refractivity contribution in [1.29, 1.82) is 0 Å². The minimum absolute atomic E-state index is 0.133. The van der Waals surface area contributed by atoms with E-state index >= 15 is 0 Å². The van der Waals surface area contributed by atoms with Crippen molar-refractivity contribution in [3.8, 4) is 0 Å². The lowest BCUT2D eigenvalue weighted by Crippen LogP contribution is -2.82. The number of aryl methyl sites for hydroxylation is 1. The Morgan fingerprint density at radius 2 is 1.93 bits per heavy atom. The molecule has 8 nitrogen and oxygen atoms in total. The van der Waals surface area contributed by atoms with Crippen LogP contribution in [0.25, 0.3) is 0 Å². The number of aliphatic hydroxyl groups is 1. The van der Waals surface area contributed by atoms with E-state index in [4.69, 9.17) is 4.42 Å². The van der Waals surface area contributed by atoms with Crippen LogP contribution in [0.4, 0.5) is 0 Å². The molecule has 0 unspecified atom stereocenters. The molecule has 2 atom stereocenters. The van der Waals surface area contributed by atoms with Gasteiger partial charge in [-0.05, 0) is 58.5 Å². The van der Waals surface area contributed by atoms with Gasteiger partial charge in [-0.25, -0.2) is 0 Å². The van der Waals surface area contributed by atoms with Gasteiger partial charge in [-0.3, -0.25) is 24.3 Å². The summed E-state index contributed by atoms with van der Waals surface area (Å²) in [4.78, 5) is 34.8. The minimum atomic E-state index is -0.693. The van der Waals surface area contributed by atoms with Crippen LogP contribution in [0, 0.1) is 6.92 Å². The highest BCUT2D eigenvalue weighted by molar-refractivity contribution is 6.06. The van der Waals surface area contributed by atoms with Gasteiger partial charge in [-0.2, -0.15) is 0 Å². The number of imide groups is 1. The lowest BCUT2D eigenvalue weighted by atomic mass is 9.80. The SMILES string of the molecule is Cc1ccc(CN2C(=O)[C@@H]3C[C@@H](O)CN3C3(CN(C4CCN(C)CC4)C3)C2=O)o1. The Labute approximate surface area is 171 Å². The molecule has 5 rings (SSSR count). The first-order valence-electron chi connectivity index (χ1n) is 10.7. The van der Waals surface area contributed by atoms with Gasteiger partial charge >= 0.3 is 0 Å². The third-order valence-electron chi connectivity index (χ3n) is 7.27. The van der Waals surface area contributed by atoms with Crippen molar-refractivity contribution >= 4 is 11.8 Å². The van der Waals surface area contributed by atoms with Gasteiger partial charge in [0.2, 0.25) is 5.91 Å². The average Bonchev–Trinajstić information content (AvgIpc) is 3.25. The zero-order valence-corrected chi connectivity index (χ0v) is 17.2. The van der Waals surface area contributed by atoms with Gasteiger partial charge in [0.05, 0.1) is 18.7 Å². The van der Waals surface area contributed by atoms with Gasteiger partial charge in [0, 0.05) is 25.7 Å². The van der Waals surface area contributed by atoms with Crippen molar-refractivity contribution in [2.24, 2.45) is 0 Å². The number of amides is 2. The van der Waals surface area contributed by atoms with Gasteiger partial charge in [0.15, 0.2) is 0 Å². The highest BCUT2D eigenvalue weighted by Gasteiger charge is 2.64. The number of aliphatic hydroxyl groups excluding tert-OH is 1. The third-order valence-corrected chi connectivity index (χ3v) is 7.27. The van der Waals surface area contributed by atoms with Gasteiger partial charge < -0.3 is 14.4 Å². The van der Waals surface area contributed by atoms with Crippen LogP contribution in [-0.2, 0) is 16.1 Å². The molecular formula is C21H30N4O4. The van der Waals surface area contributed by atoms with Gasteiger partial charge in [-0.15, -0.1) is 0 Å². The molecular weight excluding hydrogens is 372 g/mol. The zero-order valence-electron chi connectivity index (χ0n) is 17.2. The van der Waals surface area contributed by atoms with Crippen molar-refractivity contribution < 1.29 is 19.1 Å². The molecule has 0 radical (unpaired) electrons. The van der Waals surface area contributed by atoms with Gasteiger partial charge in [0.1, 0.15) is 17.1 Å². The van der Waals surface area contributed by atoms with Crippen molar-refractivity contribution in [2.75, 3.05) is 39.8 Å². The highest BCUT2D eigenvalue weighted by atomic mass is 16.3.